The number of halogens is 1. The first-order chi connectivity index (χ1) is 8.83. The minimum Gasteiger partial charge on any atom is -0.338 e. The van der Waals surface area contributed by atoms with E-state index in [2.05, 4.69) is 15.4 Å². The molecule has 1 aromatic carbocycles. The van der Waals surface area contributed by atoms with Gasteiger partial charge in [-0.3, -0.25) is 0 Å². The standard InChI is InChI=1S/C13H14FN3O/c14-11-3-1-10(2-4-11)12-9-13(18-16-12)17-7-5-15-6-8-17/h1-4,9,15H,5-8H2. The van der Waals surface area contributed by atoms with Crippen molar-refractivity contribution in [1.82, 2.24) is 10.5 Å². The molecular formula is C13H14FN3O. The highest BCUT2D eigenvalue weighted by Crippen LogP contribution is 2.24. The highest BCUT2D eigenvalue weighted by Gasteiger charge is 2.15. The van der Waals surface area contributed by atoms with Crippen LogP contribution in [0.1, 0.15) is 0 Å². The number of hydrogen-bond donors (Lipinski definition) is 1. The monoisotopic (exact) mass is 247 g/mol. The summed E-state index contributed by atoms with van der Waals surface area (Å²) in [6, 6.07) is 8.16. The van der Waals surface area contributed by atoms with Crippen molar-refractivity contribution < 1.29 is 8.91 Å². The van der Waals surface area contributed by atoms with Crippen molar-refractivity contribution in [1.29, 1.82) is 0 Å². The Hall–Kier alpha value is -1.88. The molecule has 2 heterocycles. The fourth-order valence-electron chi connectivity index (χ4n) is 2.06. The van der Waals surface area contributed by atoms with Gasteiger partial charge in [-0.25, -0.2) is 4.39 Å². The van der Waals surface area contributed by atoms with Crippen LogP contribution >= 0.6 is 0 Å². The van der Waals surface area contributed by atoms with E-state index in [-0.39, 0.29) is 5.82 Å². The van der Waals surface area contributed by atoms with Crippen LogP contribution in [0.25, 0.3) is 11.3 Å². The van der Waals surface area contributed by atoms with Crippen molar-refractivity contribution in [3.05, 3.63) is 36.1 Å². The van der Waals surface area contributed by atoms with Gasteiger partial charge in [0.1, 0.15) is 11.5 Å². The van der Waals surface area contributed by atoms with Gasteiger partial charge in [-0.15, -0.1) is 0 Å². The highest BCUT2D eigenvalue weighted by atomic mass is 19.1. The molecule has 0 saturated carbocycles. The lowest BCUT2D eigenvalue weighted by atomic mass is 10.1. The summed E-state index contributed by atoms with van der Waals surface area (Å²) in [6.45, 7) is 3.73. The molecule has 0 amide bonds. The zero-order valence-electron chi connectivity index (χ0n) is 9.90. The van der Waals surface area contributed by atoms with E-state index in [1.807, 2.05) is 6.07 Å². The van der Waals surface area contributed by atoms with Gasteiger partial charge in [0.05, 0.1) is 0 Å². The SMILES string of the molecule is Fc1ccc(-c2cc(N3CCNCC3)on2)cc1. The molecule has 1 aliphatic rings. The molecule has 1 aromatic heterocycles. The molecule has 5 heteroatoms. The maximum Gasteiger partial charge on any atom is 0.227 e. The second-order valence-electron chi connectivity index (χ2n) is 4.29. The van der Waals surface area contributed by atoms with E-state index in [1.54, 1.807) is 12.1 Å². The molecule has 2 aromatic rings. The Balaban J connectivity index is 1.82. The molecule has 1 N–H and O–H groups in total. The first-order valence-electron chi connectivity index (χ1n) is 6.01. The number of benzene rings is 1. The zero-order valence-corrected chi connectivity index (χ0v) is 9.90. The molecule has 0 unspecified atom stereocenters. The summed E-state index contributed by atoms with van der Waals surface area (Å²) in [7, 11) is 0. The fraction of sp³-hybridized carbons (Fsp3) is 0.308. The van der Waals surface area contributed by atoms with E-state index in [0.717, 1.165) is 43.3 Å². The van der Waals surface area contributed by atoms with Gasteiger partial charge in [0.25, 0.3) is 0 Å². The maximum atomic E-state index is 12.8. The van der Waals surface area contributed by atoms with E-state index in [9.17, 15) is 4.39 Å². The summed E-state index contributed by atoms with van der Waals surface area (Å²) in [4.78, 5) is 2.15. The first-order valence-corrected chi connectivity index (χ1v) is 6.01. The molecule has 0 atom stereocenters. The van der Waals surface area contributed by atoms with Gasteiger partial charge in [0, 0.05) is 37.8 Å². The minimum absolute atomic E-state index is 0.246. The molecule has 4 nitrogen and oxygen atoms in total. The van der Waals surface area contributed by atoms with Crippen molar-refractivity contribution in [2.45, 2.75) is 0 Å². The normalized spacial score (nSPS) is 15.9. The van der Waals surface area contributed by atoms with Crippen LogP contribution in [0.3, 0.4) is 0 Å². The largest absolute Gasteiger partial charge is 0.338 e. The van der Waals surface area contributed by atoms with Crippen LogP contribution in [0.4, 0.5) is 10.3 Å². The number of hydrogen-bond acceptors (Lipinski definition) is 4. The summed E-state index contributed by atoms with van der Waals surface area (Å²) in [5.74, 6) is 0.528. The van der Waals surface area contributed by atoms with E-state index in [1.165, 1.54) is 12.1 Å². The second-order valence-corrected chi connectivity index (χ2v) is 4.29. The van der Waals surface area contributed by atoms with Gasteiger partial charge in [-0.05, 0) is 24.3 Å². The molecule has 0 aliphatic carbocycles. The van der Waals surface area contributed by atoms with Gasteiger partial charge in [0.15, 0.2) is 0 Å². The average Bonchev–Trinajstić information content (AvgIpc) is 2.90. The lowest BCUT2D eigenvalue weighted by Crippen LogP contribution is -2.43. The number of anilines is 1. The van der Waals surface area contributed by atoms with Crippen molar-refractivity contribution in [3.8, 4) is 11.3 Å². The Kier molecular flexibility index (Phi) is 2.98. The van der Waals surface area contributed by atoms with Crippen molar-refractivity contribution in [3.63, 3.8) is 0 Å². The molecule has 3 rings (SSSR count). The Morgan fingerprint density at radius 2 is 1.89 bits per heavy atom. The van der Waals surface area contributed by atoms with Gasteiger partial charge >= 0.3 is 0 Å². The zero-order chi connectivity index (χ0) is 12.4. The highest BCUT2D eigenvalue weighted by molar-refractivity contribution is 5.62. The number of aromatic nitrogens is 1. The van der Waals surface area contributed by atoms with Crippen molar-refractivity contribution in [2.75, 3.05) is 31.1 Å². The van der Waals surface area contributed by atoms with E-state index >= 15 is 0 Å². The number of piperazine rings is 1. The van der Waals surface area contributed by atoms with Crippen LogP contribution in [-0.2, 0) is 0 Å². The third kappa shape index (κ3) is 2.22. The molecule has 1 aliphatic heterocycles. The minimum atomic E-state index is -0.246. The first kappa shape index (κ1) is 11.2. The average molecular weight is 247 g/mol. The predicted octanol–water partition coefficient (Wildman–Crippen LogP) is 1.89. The van der Waals surface area contributed by atoms with Gasteiger partial charge in [0.2, 0.25) is 5.88 Å². The van der Waals surface area contributed by atoms with E-state index in [4.69, 9.17) is 4.52 Å². The third-order valence-electron chi connectivity index (χ3n) is 3.07. The molecule has 94 valence electrons. The second kappa shape index (κ2) is 4.78. The Morgan fingerprint density at radius 1 is 1.17 bits per heavy atom. The summed E-state index contributed by atoms with van der Waals surface area (Å²) < 4.78 is 18.2. The molecule has 0 radical (unpaired) electrons. The van der Waals surface area contributed by atoms with Crippen LogP contribution in [0.5, 0.6) is 0 Å². The molecule has 0 bridgehead atoms. The quantitative estimate of drug-likeness (QED) is 0.880. The topological polar surface area (TPSA) is 41.3 Å². The molecular weight excluding hydrogens is 233 g/mol. The van der Waals surface area contributed by atoms with Crippen molar-refractivity contribution in [2.24, 2.45) is 0 Å². The Morgan fingerprint density at radius 3 is 2.61 bits per heavy atom. The van der Waals surface area contributed by atoms with Gasteiger partial charge in [-0.2, -0.15) is 0 Å². The van der Waals surface area contributed by atoms with E-state index < -0.39 is 0 Å². The number of rotatable bonds is 2. The maximum absolute atomic E-state index is 12.8. The van der Waals surface area contributed by atoms with E-state index in [0.29, 0.717) is 0 Å². The summed E-state index contributed by atoms with van der Waals surface area (Å²) >= 11 is 0. The third-order valence-corrected chi connectivity index (χ3v) is 3.07. The molecule has 1 saturated heterocycles. The molecule has 1 fully saturated rings. The van der Waals surface area contributed by atoms with Crippen LogP contribution in [-0.4, -0.2) is 31.3 Å². The number of nitrogens with one attached hydrogen (secondary N) is 1. The lowest BCUT2D eigenvalue weighted by Gasteiger charge is -2.25. The Labute approximate surface area is 104 Å². The van der Waals surface area contributed by atoms with Crippen LogP contribution in [0, 0.1) is 5.82 Å². The van der Waals surface area contributed by atoms with Crippen LogP contribution in [0.2, 0.25) is 0 Å². The van der Waals surface area contributed by atoms with Gasteiger partial charge in [-0.1, -0.05) is 5.16 Å². The molecule has 18 heavy (non-hydrogen) atoms. The van der Waals surface area contributed by atoms with Crippen LogP contribution < -0.4 is 10.2 Å². The van der Waals surface area contributed by atoms with Crippen molar-refractivity contribution >= 4 is 5.88 Å². The number of nitrogens with zero attached hydrogens (tertiary/aromatic N) is 2. The Bertz CT molecular complexity index is 517. The summed E-state index contributed by atoms with van der Waals surface area (Å²) in [6.07, 6.45) is 0. The summed E-state index contributed by atoms with van der Waals surface area (Å²) in [5.41, 5.74) is 1.60. The lowest BCUT2D eigenvalue weighted by molar-refractivity contribution is 0.409. The van der Waals surface area contributed by atoms with Crippen LogP contribution in [0.15, 0.2) is 34.9 Å². The predicted molar refractivity (Wildman–Crippen MR) is 67.0 cm³/mol. The van der Waals surface area contributed by atoms with Gasteiger partial charge < -0.3 is 14.7 Å². The fourth-order valence-corrected chi connectivity index (χ4v) is 2.06. The smallest absolute Gasteiger partial charge is 0.227 e. The summed E-state index contributed by atoms with van der Waals surface area (Å²) in [5, 5.41) is 7.32. The molecule has 0 spiro atoms.